The molecule has 6 heteroatoms. The summed E-state index contributed by atoms with van der Waals surface area (Å²) in [7, 11) is 0. The molecular weight excluding hydrogens is 853 g/mol. The molecule has 6 nitrogen and oxygen atoms in total. The van der Waals surface area contributed by atoms with Crippen molar-refractivity contribution in [3.8, 4) is 0 Å². The molecule has 0 aliphatic heterocycles. The van der Waals surface area contributed by atoms with Crippen LogP contribution in [0, 0.1) is 0 Å². The topological polar surface area (TPSA) is 78.9 Å². The maximum Gasteiger partial charge on any atom is 0.306 e. The lowest BCUT2D eigenvalue weighted by Crippen LogP contribution is -2.30. The van der Waals surface area contributed by atoms with Crippen LogP contribution in [0.2, 0.25) is 0 Å². The van der Waals surface area contributed by atoms with Crippen molar-refractivity contribution >= 4 is 17.9 Å². The summed E-state index contributed by atoms with van der Waals surface area (Å²) in [4.78, 5) is 38.1. The van der Waals surface area contributed by atoms with Gasteiger partial charge in [-0.25, -0.2) is 0 Å². The molecule has 0 amide bonds. The van der Waals surface area contributed by atoms with Crippen molar-refractivity contribution in [1.82, 2.24) is 0 Å². The highest BCUT2D eigenvalue weighted by Gasteiger charge is 2.19. The van der Waals surface area contributed by atoms with Gasteiger partial charge in [-0.1, -0.05) is 254 Å². The molecule has 0 aliphatic rings. The standard InChI is InChI=1S/C63H110O6/c1-4-7-10-13-16-19-22-24-26-27-28-29-30-31-32-33-34-35-36-37-38-40-41-44-47-50-53-56-62(65)68-59-60(58-67-61(64)55-52-49-46-43-21-18-15-12-9-6-3)69-63(66)57-54-51-48-45-42-39-25-23-20-17-14-11-8-5-2/h7,10,16,19,23-26,28-29,31-32,60H,4-6,8-9,11-15,17-18,20-22,27,30,33-59H2,1-3H3/b10-7-,19-16-,25-23-,26-24-,29-28-,32-31-. The summed E-state index contributed by atoms with van der Waals surface area (Å²) in [5.41, 5.74) is 0. The molecule has 0 fully saturated rings. The number of rotatable bonds is 53. The predicted molar refractivity (Wildman–Crippen MR) is 298 cm³/mol. The van der Waals surface area contributed by atoms with Gasteiger partial charge in [0.1, 0.15) is 13.2 Å². The van der Waals surface area contributed by atoms with Crippen molar-refractivity contribution in [3.63, 3.8) is 0 Å². The molecule has 1 atom stereocenters. The van der Waals surface area contributed by atoms with Gasteiger partial charge in [0.25, 0.3) is 0 Å². The van der Waals surface area contributed by atoms with Gasteiger partial charge in [-0.3, -0.25) is 14.4 Å². The van der Waals surface area contributed by atoms with E-state index in [9.17, 15) is 14.4 Å². The number of carbonyl (C=O) groups is 3. The maximum atomic E-state index is 12.8. The van der Waals surface area contributed by atoms with Crippen molar-refractivity contribution in [2.24, 2.45) is 0 Å². The Labute approximate surface area is 427 Å². The Morgan fingerprint density at radius 1 is 0.304 bits per heavy atom. The molecule has 0 aromatic heterocycles. The van der Waals surface area contributed by atoms with E-state index in [0.717, 1.165) is 103 Å². The van der Waals surface area contributed by atoms with Crippen LogP contribution in [0.3, 0.4) is 0 Å². The number of carbonyl (C=O) groups excluding carboxylic acids is 3. The quantitative estimate of drug-likeness (QED) is 0.0262. The summed E-state index contributed by atoms with van der Waals surface area (Å²) in [5, 5.41) is 0. The molecule has 0 aliphatic carbocycles. The maximum absolute atomic E-state index is 12.8. The number of allylic oxidation sites excluding steroid dienone is 12. The van der Waals surface area contributed by atoms with Crippen LogP contribution in [0.1, 0.15) is 290 Å². The fraction of sp³-hybridized carbons (Fsp3) is 0.762. The molecule has 0 aromatic rings. The molecule has 0 rings (SSSR count). The lowest BCUT2D eigenvalue weighted by Gasteiger charge is -2.18. The van der Waals surface area contributed by atoms with E-state index in [0.29, 0.717) is 19.3 Å². The van der Waals surface area contributed by atoms with Gasteiger partial charge in [0.15, 0.2) is 6.10 Å². The zero-order valence-electron chi connectivity index (χ0n) is 45.6. The summed E-state index contributed by atoms with van der Waals surface area (Å²) < 4.78 is 16.8. The Kier molecular flexibility index (Phi) is 54.8. The number of unbranched alkanes of at least 4 members (excludes halogenated alkanes) is 30. The van der Waals surface area contributed by atoms with Gasteiger partial charge in [0.2, 0.25) is 0 Å². The Balaban J connectivity index is 4.21. The minimum atomic E-state index is -0.777. The lowest BCUT2D eigenvalue weighted by atomic mass is 10.0. The van der Waals surface area contributed by atoms with Gasteiger partial charge in [-0.05, 0) is 89.9 Å². The third-order valence-corrected chi connectivity index (χ3v) is 12.7. The molecule has 398 valence electrons. The van der Waals surface area contributed by atoms with E-state index < -0.39 is 6.10 Å². The molecule has 0 bridgehead atoms. The first-order valence-corrected chi connectivity index (χ1v) is 29.4. The molecule has 69 heavy (non-hydrogen) atoms. The monoisotopic (exact) mass is 963 g/mol. The number of hydrogen-bond acceptors (Lipinski definition) is 6. The van der Waals surface area contributed by atoms with Crippen molar-refractivity contribution in [2.45, 2.75) is 297 Å². The van der Waals surface area contributed by atoms with Crippen LogP contribution < -0.4 is 0 Å². The molecule has 0 spiro atoms. The molecule has 0 saturated carbocycles. The third kappa shape index (κ3) is 55.6. The highest BCUT2D eigenvalue weighted by molar-refractivity contribution is 5.71. The zero-order valence-corrected chi connectivity index (χ0v) is 45.6. The number of esters is 3. The summed E-state index contributed by atoms with van der Waals surface area (Å²) in [6, 6.07) is 0. The molecule has 0 saturated heterocycles. The van der Waals surface area contributed by atoms with Crippen LogP contribution >= 0.6 is 0 Å². The normalized spacial score (nSPS) is 12.6. The first-order chi connectivity index (χ1) is 34.0. The Hall–Kier alpha value is -3.15. The minimum Gasteiger partial charge on any atom is -0.462 e. The Bertz CT molecular complexity index is 1290. The fourth-order valence-corrected chi connectivity index (χ4v) is 8.29. The largest absolute Gasteiger partial charge is 0.462 e. The van der Waals surface area contributed by atoms with Crippen LogP contribution in [0.15, 0.2) is 72.9 Å². The van der Waals surface area contributed by atoms with Gasteiger partial charge in [0, 0.05) is 19.3 Å². The van der Waals surface area contributed by atoms with Crippen LogP contribution in [0.25, 0.3) is 0 Å². The fourth-order valence-electron chi connectivity index (χ4n) is 8.29. The smallest absolute Gasteiger partial charge is 0.306 e. The highest BCUT2D eigenvalue weighted by atomic mass is 16.6. The van der Waals surface area contributed by atoms with Crippen LogP contribution in [0.5, 0.6) is 0 Å². The van der Waals surface area contributed by atoms with Crippen molar-refractivity contribution in [1.29, 1.82) is 0 Å². The van der Waals surface area contributed by atoms with E-state index in [2.05, 4.69) is 93.7 Å². The second kappa shape index (κ2) is 57.4. The number of ether oxygens (including phenoxy) is 3. The highest BCUT2D eigenvalue weighted by Crippen LogP contribution is 2.16. The van der Waals surface area contributed by atoms with Gasteiger partial charge in [-0.15, -0.1) is 0 Å². The molecular formula is C63H110O6. The second-order valence-corrected chi connectivity index (χ2v) is 19.5. The summed E-state index contributed by atoms with van der Waals surface area (Å²) >= 11 is 0. The average Bonchev–Trinajstić information content (AvgIpc) is 3.35. The molecule has 1 unspecified atom stereocenters. The molecule has 0 aromatic carbocycles. The van der Waals surface area contributed by atoms with Crippen LogP contribution in [-0.2, 0) is 28.6 Å². The Morgan fingerprint density at radius 2 is 0.565 bits per heavy atom. The molecule has 0 heterocycles. The van der Waals surface area contributed by atoms with Gasteiger partial charge in [-0.2, -0.15) is 0 Å². The van der Waals surface area contributed by atoms with E-state index in [1.165, 1.54) is 148 Å². The van der Waals surface area contributed by atoms with Crippen molar-refractivity contribution in [2.75, 3.05) is 13.2 Å². The van der Waals surface area contributed by atoms with Gasteiger partial charge >= 0.3 is 17.9 Å². The molecule has 0 N–H and O–H groups in total. The van der Waals surface area contributed by atoms with E-state index in [-0.39, 0.29) is 31.1 Å². The van der Waals surface area contributed by atoms with Crippen LogP contribution in [0.4, 0.5) is 0 Å². The lowest BCUT2D eigenvalue weighted by molar-refractivity contribution is -0.167. The first-order valence-electron chi connectivity index (χ1n) is 29.4. The predicted octanol–water partition coefficient (Wildman–Crippen LogP) is 19.8. The Morgan fingerprint density at radius 3 is 0.899 bits per heavy atom. The molecule has 0 radical (unpaired) electrons. The second-order valence-electron chi connectivity index (χ2n) is 19.5. The summed E-state index contributed by atoms with van der Waals surface area (Å²) in [6.45, 7) is 6.51. The third-order valence-electron chi connectivity index (χ3n) is 12.7. The SMILES string of the molecule is CC/C=C\C/C=C\C/C=C\C/C=C\C/C=C\CCCCCCCCCCCCCC(=O)OCC(COC(=O)CCCCCCCCCCCC)OC(=O)CCCCCCC/C=C\CCCCCCC. The average molecular weight is 964 g/mol. The van der Waals surface area contributed by atoms with E-state index >= 15 is 0 Å². The van der Waals surface area contributed by atoms with Gasteiger partial charge < -0.3 is 14.2 Å². The minimum absolute atomic E-state index is 0.0764. The number of hydrogen-bond donors (Lipinski definition) is 0. The first kappa shape index (κ1) is 65.8. The van der Waals surface area contributed by atoms with Crippen molar-refractivity contribution < 1.29 is 28.6 Å². The van der Waals surface area contributed by atoms with Crippen LogP contribution in [-0.4, -0.2) is 37.2 Å². The summed E-state index contributed by atoms with van der Waals surface area (Å²) in [5.74, 6) is -0.881. The van der Waals surface area contributed by atoms with E-state index in [1.807, 2.05) is 0 Å². The van der Waals surface area contributed by atoms with E-state index in [1.54, 1.807) is 0 Å². The summed E-state index contributed by atoms with van der Waals surface area (Å²) in [6.07, 6.45) is 73.3. The van der Waals surface area contributed by atoms with Crippen molar-refractivity contribution in [3.05, 3.63) is 72.9 Å². The van der Waals surface area contributed by atoms with E-state index in [4.69, 9.17) is 14.2 Å². The van der Waals surface area contributed by atoms with Gasteiger partial charge in [0.05, 0.1) is 0 Å². The zero-order chi connectivity index (χ0) is 50.0.